The molecular formula is C30H42N4O5. The van der Waals surface area contributed by atoms with Gasteiger partial charge < -0.3 is 30.2 Å². The minimum absolute atomic E-state index is 0.00955. The molecule has 1 aliphatic rings. The fourth-order valence-corrected chi connectivity index (χ4v) is 3.35. The molecule has 2 aromatic rings. The first kappa shape index (κ1) is 31.4. The van der Waals surface area contributed by atoms with E-state index in [0.717, 1.165) is 19.5 Å². The van der Waals surface area contributed by atoms with E-state index in [2.05, 4.69) is 10.3 Å². The third-order valence-corrected chi connectivity index (χ3v) is 5.35. The maximum atomic E-state index is 12.8. The fourth-order valence-electron chi connectivity index (χ4n) is 3.35. The SMILES string of the molecule is CC.CN/C=C\C(N)=NC(=O)c1cc(Oc2ccc(C(=O)N3CCC3)cc2)cc(OC(C)COC(C)(C)C)c1. The van der Waals surface area contributed by atoms with Crippen LogP contribution in [0.1, 0.15) is 68.7 Å². The van der Waals surface area contributed by atoms with E-state index in [1.165, 1.54) is 6.08 Å². The van der Waals surface area contributed by atoms with E-state index in [1.54, 1.807) is 60.6 Å². The summed E-state index contributed by atoms with van der Waals surface area (Å²) in [4.78, 5) is 31.0. The van der Waals surface area contributed by atoms with Crippen LogP contribution in [0, 0.1) is 0 Å². The zero-order valence-electron chi connectivity index (χ0n) is 24.1. The normalized spacial score (nSPS) is 14.1. The molecular weight excluding hydrogens is 496 g/mol. The second kappa shape index (κ2) is 14.9. The quantitative estimate of drug-likeness (QED) is 0.317. The molecule has 3 N–H and O–H groups in total. The van der Waals surface area contributed by atoms with Gasteiger partial charge in [0.05, 0.1) is 12.2 Å². The molecule has 2 aromatic carbocycles. The van der Waals surface area contributed by atoms with Gasteiger partial charge in [-0.2, -0.15) is 4.99 Å². The number of hydrogen-bond donors (Lipinski definition) is 2. The zero-order valence-corrected chi connectivity index (χ0v) is 24.1. The number of carbonyl (C=O) groups excluding carboxylic acids is 2. The molecule has 3 rings (SSSR count). The Bertz CT molecular complexity index is 1150. The van der Waals surface area contributed by atoms with Gasteiger partial charge in [-0.3, -0.25) is 9.59 Å². The molecule has 1 unspecified atom stereocenters. The Hall–Kier alpha value is -3.85. The molecule has 1 aliphatic heterocycles. The summed E-state index contributed by atoms with van der Waals surface area (Å²) in [6.07, 6.45) is 3.82. The van der Waals surface area contributed by atoms with Crippen LogP contribution in [-0.4, -0.2) is 61.0 Å². The van der Waals surface area contributed by atoms with Crippen LogP contribution in [0.5, 0.6) is 17.2 Å². The first-order valence-electron chi connectivity index (χ1n) is 13.3. The number of nitrogens with two attached hydrogens (primary N) is 1. The molecule has 9 nitrogen and oxygen atoms in total. The zero-order chi connectivity index (χ0) is 29.0. The number of rotatable bonds is 10. The van der Waals surface area contributed by atoms with Crippen molar-refractivity contribution in [2.75, 3.05) is 26.7 Å². The first-order valence-corrected chi connectivity index (χ1v) is 13.3. The fraction of sp³-hybridized carbons (Fsp3) is 0.433. The van der Waals surface area contributed by atoms with Crippen LogP contribution in [0.25, 0.3) is 0 Å². The van der Waals surface area contributed by atoms with Gasteiger partial charge in [-0.1, -0.05) is 13.8 Å². The van der Waals surface area contributed by atoms with E-state index in [0.29, 0.717) is 29.4 Å². The van der Waals surface area contributed by atoms with Crippen LogP contribution >= 0.6 is 0 Å². The second-order valence-electron chi connectivity index (χ2n) is 9.78. The molecule has 1 heterocycles. The lowest BCUT2D eigenvalue weighted by Gasteiger charge is -2.30. The Kier molecular flexibility index (Phi) is 12.0. The predicted octanol–water partition coefficient (Wildman–Crippen LogP) is 5.16. The van der Waals surface area contributed by atoms with Gasteiger partial charge in [-0.15, -0.1) is 0 Å². The molecule has 0 aliphatic carbocycles. The average Bonchev–Trinajstić information content (AvgIpc) is 2.86. The van der Waals surface area contributed by atoms with Crippen molar-refractivity contribution >= 4 is 17.6 Å². The molecule has 2 amide bonds. The highest BCUT2D eigenvalue weighted by atomic mass is 16.5. The summed E-state index contributed by atoms with van der Waals surface area (Å²) >= 11 is 0. The van der Waals surface area contributed by atoms with Gasteiger partial charge >= 0.3 is 0 Å². The molecule has 212 valence electrons. The summed E-state index contributed by atoms with van der Waals surface area (Å²) in [5.41, 5.74) is 6.37. The monoisotopic (exact) mass is 538 g/mol. The highest BCUT2D eigenvalue weighted by Gasteiger charge is 2.21. The highest BCUT2D eigenvalue weighted by Crippen LogP contribution is 2.29. The number of ether oxygens (including phenoxy) is 3. The van der Waals surface area contributed by atoms with Gasteiger partial charge in [0.1, 0.15) is 29.2 Å². The Morgan fingerprint density at radius 3 is 2.26 bits per heavy atom. The number of benzene rings is 2. The molecule has 0 spiro atoms. The third-order valence-electron chi connectivity index (χ3n) is 5.35. The maximum Gasteiger partial charge on any atom is 0.279 e. The van der Waals surface area contributed by atoms with Gasteiger partial charge in [0.25, 0.3) is 11.8 Å². The smallest absolute Gasteiger partial charge is 0.279 e. The minimum atomic E-state index is -0.539. The van der Waals surface area contributed by atoms with E-state index < -0.39 is 5.91 Å². The van der Waals surface area contributed by atoms with E-state index in [1.807, 2.05) is 41.5 Å². The molecule has 0 saturated carbocycles. The predicted molar refractivity (Wildman–Crippen MR) is 155 cm³/mol. The summed E-state index contributed by atoms with van der Waals surface area (Å²) in [5.74, 6) is 0.849. The number of likely N-dealkylation sites (tertiary alicyclic amines) is 1. The summed E-state index contributed by atoms with van der Waals surface area (Å²) in [5, 5.41) is 2.80. The lowest BCUT2D eigenvalue weighted by atomic mass is 10.1. The van der Waals surface area contributed by atoms with E-state index >= 15 is 0 Å². The number of aliphatic imine (C=N–C) groups is 1. The van der Waals surface area contributed by atoms with E-state index in [4.69, 9.17) is 19.9 Å². The summed E-state index contributed by atoms with van der Waals surface area (Å²) < 4.78 is 17.9. The van der Waals surface area contributed by atoms with Crippen molar-refractivity contribution in [3.63, 3.8) is 0 Å². The Morgan fingerprint density at radius 1 is 1.05 bits per heavy atom. The van der Waals surface area contributed by atoms with Crippen molar-refractivity contribution in [3.8, 4) is 17.2 Å². The van der Waals surface area contributed by atoms with Crippen LogP contribution in [-0.2, 0) is 4.74 Å². The van der Waals surface area contributed by atoms with Crippen LogP contribution < -0.4 is 20.5 Å². The Morgan fingerprint density at radius 2 is 1.69 bits per heavy atom. The standard InChI is InChI=1S/C28H36N4O5.C2H6/c1-19(18-35-28(2,3)4)36-23-15-21(26(33)31-25(29)11-12-30-5)16-24(17-23)37-22-9-7-20(8-10-22)27(34)32-13-6-14-32;1-2/h7-12,15-17,19,30H,6,13-14,18H2,1-5H3,(H2,29,31,33);1-2H3/b12-11-;. The van der Waals surface area contributed by atoms with Gasteiger partial charge in [-0.05, 0) is 82.8 Å². The van der Waals surface area contributed by atoms with Crippen molar-refractivity contribution in [2.24, 2.45) is 10.7 Å². The third kappa shape index (κ3) is 10.4. The summed E-state index contributed by atoms with van der Waals surface area (Å²) in [6, 6.07) is 11.8. The van der Waals surface area contributed by atoms with Crippen LogP contribution in [0.2, 0.25) is 0 Å². The van der Waals surface area contributed by atoms with Crippen molar-refractivity contribution in [1.82, 2.24) is 10.2 Å². The van der Waals surface area contributed by atoms with E-state index in [-0.39, 0.29) is 29.0 Å². The minimum Gasteiger partial charge on any atom is -0.488 e. The molecule has 0 aromatic heterocycles. The lowest BCUT2D eigenvalue weighted by Crippen LogP contribution is -2.41. The van der Waals surface area contributed by atoms with Crippen molar-refractivity contribution < 1.29 is 23.8 Å². The van der Waals surface area contributed by atoms with Crippen molar-refractivity contribution in [2.45, 2.75) is 59.7 Å². The highest BCUT2D eigenvalue weighted by molar-refractivity contribution is 6.06. The molecule has 1 fully saturated rings. The van der Waals surface area contributed by atoms with Crippen LogP contribution in [0.3, 0.4) is 0 Å². The number of amidine groups is 1. The van der Waals surface area contributed by atoms with Crippen molar-refractivity contribution in [3.05, 3.63) is 65.9 Å². The van der Waals surface area contributed by atoms with Crippen LogP contribution in [0.15, 0.2) is 59.7 Å². The van der Waals surface area contributed by atoms with Crippen molar-refractivity contribution in [1.29, 1.82) is 0 Å². The molecule has 39 heavy (non-hydrogen) atoms. The molecule has 0 radical (unpaired) electrons. The van der Waals surface area contributed by atoms with Gasteiger partial charge in [0.2, 0.25) is 0 Å². The second-order valence-corrected chi connectivity index (χ2v) is 9.78. The Labute approximate surface area is 232 Å². The molecule has 0 bridgehead atoms. The number of amides is 2. The lowest BCUT2D eigenvalue weighted by molar-refractivity contribution is -0.0374. The Balaban J connectivity index is 0.00000260. The molecule has 1 saturated heterocycles. The maximum absolute atomic E-state index is 12.8. The first-order chi connectivity index (χ1) is 18.5. The molecule has 9 heteroatoms. The largest absolute Gasteiger partial charge is 0.488 e. The average molecular weight is 539 g/mol. The topological polar surface area (TPSA) is 115 Å². The van der Waals surface area contributed by atoms with Gasteiger partial charge in [0, 0.05) is 37.3 Å². The van der Waals surface area contributed by atoms with Gasteiger partial charge in [-0.25, -0.2) is 0 Å². The van der Waals surface area contributed by atoms with Crippen LogP contribution in [0.4, 0.5) is 0 Å². The summed E-state index contributed by atoms with van der Waals surface area (Å²) in [7, 11) is 1.72. The number of hydrogen-bond acceptors (Lipinski definition) is 6. The van der Waals surface area contributed by atoms with Gasteiger partial charge in [0.15, 0.2) is 0 Å². The number of carbonyl (C=O) groups is 2. The molecule has 1 atom stereocenters. The number of nitrogens with zero attached hydrogens (tertiary/aromatic N) is 2. The van der Waals surface area contributed by atoms with E-state index in [9.17, 15) is 9.59 Å². The number of nitrogens with one attached hydrogen (secondary N) is 1. The summed E-state index contributed by atoms with van der Waals surface area (Å²) in [6.45, 7) is 13.7.